The van der Waals surface area contributed by atoms with E-state index in [0.29, 0.717) is 36.4 Å². The molecule has 1 atom stereocenters. The first kappa shape index (κ1) is 24.3. The number of nitrogens with zero attached hydrogens (tertiary/aromatic N) is 2. The smallest absolute Gasteiger partial charge is 0.295 e. The van der Waals surface area contributed by atoms with Gasteiger partial charge in [0.1, 0.15) is 17.3 Å². The second-order valence-corrected chi connectivity index (χ2v) is 8.47. The van der Waals surface area contributed by atoms with E-state index >= 15 is 0 Å². The molecule has 0 bridgehead atoms. The van der Waals surface area contributed by atoms with Crippen LogP contribution in [-0.4, -0.2) is 65.5 Å². The van der Waals surface area contributed by atoms with Crippen LogP contribution in [0.4, 0.5) is 0 Å². The van der Waals surface area contributed by atoms with Crippen LogP contribution in [0.2, 0.25) is 0 Å². The number of phenols is 1. The fourth-order valence-corrected chi connectivity index (χ4v) is 3.93. The summed E-state index contributed by atoms with van der Waals surface area (Å²) in [5.41, 5.74) is 0.984. The molecule has 0 aromatic heterocycles. The molecule has 1 unspecified atom stereocenters. The molecule has 1 aliphatic rings. The molecule has 2 N–H and O–H groups in total. The van der Waals surface area contributed by atoms with Gasteiger partial charge in [0, 0.05) is 12.1 Å². The second-order valence-electron chi connectivity index (χ2n) is 8.47. The van der Waals surface area contributed by atoms with Crippen LogP contribution in [0.15, 0.2) is 54.1 Å². The number of unbranched alkanes of at least 4 members (excludes halogenated alkanes) is 1. The fourth-order valence-electron chi connectivity index (χ4n) is 3.93. The number of amides is 1. The Kier molecular flexibility index (Phi) is 8.11. The number of rotatable bonds is 10. The van der Waals surface area contributed by atoms with Crippen LogP contribution in [0.3, 0.4) is 0 Å². The largest absolute Gasteiger partial charge is 0.508 e. The van der Waals surface area contributed by atoms with Crippen LogP contribution in [0.5, 0.6) is 11.5 Å². The van der Waals surface area contributed by atoms with Crippen molar-refractivity contribution >= 4 is 17.4 Å². The predicted molar refractivity (Wildman–Crippen MR) is 127 cm³/mol. The monoisotopic (exact) mass is 452 g/mol. The maximum atomic E-state index is 13.1. The van der Waals surface area contributed by atoms with Crippen molar-refractivity contribution in [3.8, 4) is 11.5 Å². The topological polar surface area (TPSA) is 90.3 Å². The lowest BCUT2D eigenvalue weighted by atomic mass is 9.95. The van der Waals surface area contributed by atoms with Gasteiger partial charge in [0.2, 0.25) is 0 Å². The molecule has 7 heteroatoms. The van der Waals surface area contributed by atoms with Crippen LogP contribution < -0.4 is 4.74 Å². The van der Waals surface area contributed by atoms with Crippen molar-refractivity contribution in [3.63, 3.8) is 0 Å². The van der Waals surface area contributed by atoms with E-state index in [2.05, 4.69) is 6.92 Å². The number of hydrogen-bond acceptors (Lipinski definition) is 6. The summed E-state index contributed by atoms with van der Waals surface area (Å²) < 4.78 is 5.74. The van der Waals surface area contributed by atoms with Crippen molar-refractivity contribution in [2.45, 2.75) is 32.2 Å². The number of Topliss-reactive ketones (excluding diaryl/α,β-unsaturated/α-hetero) is 1. The number of aliphatic hydroxyl groups excluding tert-OH is 1. The quantitative estimate of drug-likeness (QED) is 0.246. The van der Waals surface area contributed by atoms with Crippen LogP contribution in [-0.2, 0) is 9.59 Å². The Morgan fingerprint density at radius 2 is 1.85 bits per heavy atom. The molecule has 1 amide bonds. The number of aromatic hydroxyl groups is 1. The fraction of sp³-hybridized carbons (Fsp3) is 0.385. The Balaban J connectivity index is 2.03. The van der Waals surface area contributed by atoms with Gasteiger partial charge in [-0.05, 0) is 63.3 Å². The summed E-state index contributed by atoms with van der Waals surface area (Å²) in [7, 11) is 3.88. The van der Waals surface area contributed by atoms with E-state index in [1.165, 1.54) is 17.0 Å². The molecule has 176 valence electrons. The standard InChI is InChI=1S/C26H32N2O5/c1-4-5-15-33-21-12-7-10-19(17-21)24(30)22-23(18-9-6-11-20(29)16-18)28(26(32)25(22)31)14-8-13-27(2)3/h6-7,9-12,16-17,23,29-30H,4-5,8,13-15H2,1-3H3. The predicted octanol–water partition coefficient (Wildman–Crippen LogP) is 3.94. The normalized spacial score (nSPS) is 17.7. The SMILES string of the molecule is CCCCOc1cccc(C(O)=C2C(=O)C(=O)N(CCCN(C)C)C2c2cccc(O)c2)c1. The molecule has 1 saturated heterocycles. The van der Waals surface area contributed by atoms with E-state index in [-0.39, 0.29) is 17.1 Å². The van der Waals surface area contributed by atoms with Gasteiger partial charge < -0.3 is 24.7 Å². The minimum Gasteiger partial charge on any atom is -0.508 e. The summed E-state index contributed by atoms with van der Waals surface area (Å²) in [6, 6.07) is 12.5. The van der Waals surface area contributed by atoms with Gasteiger partial charge in [0.05, 0.1) is 18.2 Å². The lowest BCUT2D eigenvalue weighted by Crippen LogP contribution is -2.32. The molecule has 0 radical (unpaired) electrons. The number of carbonyl (C=O) groups excluding carboxylic acids is 2. The Bertz CT molecular complexity index is 1030. The lowest BCUT2D eigenvalue weighted by molar-refractivity contribution is -0.139. The van der Waals surface area contributed by atoms with E-state index in [1.807, 2.05) is 19.0 Å². The molecule has 1 fully saturated rings. The molecule has 7 nitrogen and oxygen atoms in total. The molecule has 2 aromatic rings. The molecule has 2 aromatic carbocycles. The van der Waals surface area contributed by atoms with Gasteiger partial charge in [-0.25, -0.2) is 0 Å². The minimum atomic E-state index is -0.788. The number of carbonyl (C=O) groups is 2. The van der Waals surface area contributed by atoms with E-state index in [0.717, 1.165) is 19.4 Å². The summed E-state index contributed by atoms with van der Waals surface area (Å²) >= 11 is 0. The third kappa shape index (κ3) is 5.73. The molecular formula is C26H32N2O5. The Morgan fingerprint density at radius 3 is 2.55 bits per heavy atom. The van der Waals surface area contributed by atoms with Crippen molar-refractivity contribution < 1.29 is 24.5 Å². The zero-order valence-corrected chi connectivity index (χ0v) is 19.5. The first-order valence-electron chi connectivity index (χ1n) is 11.3. The zero-order chi connectivity index (χ0) is 24.0. The van der Waals surface area contributed by atoms with E-state index in [4.69, 9.17) is 4.74 Å². The van der Waals surface area contributed by atoms with Crippen molar-refractivity contribution in [1.29, 1.82) is 0 Å². The summed E-state index contributed by atoms with van der Waals surface area (Å²) in [6.07, 6.45) is 2.57. The highest BCUT2D eigenvalue weighted by molar-refractivity contribution is 6.46. The number of benzene rings is 2. The first-order chi connectivity index (χ1) is 15.8. The minimum absolute atomic E-state index is 0.0150. The maximum absolute atomic E-state index is 13.1. The summed E-state index contributed by atoms with van der Waals surface area (Å²) in [6.45, 7) is 3.72. The Morgan fingerprint density at radius 1 is 1.09 bits per heavy atom. The number of ketones is 1. The lowest BCUT2D eigenvalue weighted by Gasteiger charge is -2.26. The average molecular weight is 453 g/mol. The van der Waals surface area contributed by atoms with Gasteiger partial charge in [-0.15, -0.1) is 0 Å². The van der Waals surface area contributed by atoms with E-state index in [1.54, 1.807) is 36.4 Å². The van der Waals surface area contributed by atoms with Gasteiger partial charge in [0.15, 0.2) is 0 Å². The highest BCUT2D eigenvalue weighted by Crippen LogP contribution is 2.40. The average Bonchev–Trinajstić information content (AvgIpc) is 3.04. The third-order valence-electron chi connectivity index (χ3n) is 5.60. The van der Waals surface area contributed by atoms with Crippen LogP contribution in [0, 0.1) is 0 Å². The van der Waals surface area contributed by atoms with Crippen molar-refractivity contribution in [3.05, 3.63) is 65.2 Å². The van der Waals surface area contributed by atoms with Gasteiger partial charge in [-0.2, -0.15) is 0 Å². The Hall–Kier alpha value is -3.32. The summed E-state index contributed by atoms with van der Waals surface area (Å²) in [4.78, 5) is 29.5. The number of aliphatic hydroxyl groups is 1. The molecule has 0 saturated carbocycles. The van der Waals surface area contributed by atoms with Gasteiger partial charge in [-0.3, -0.25) is 9.59 Å². The maximum Gasteiger partial charge on any atom is 0.295 e. The molecule has 33 heavy (non-hydrogen) atoms. The number of ether oxygens (including phenoxy) is 1. The molecule has 0 aliphatic carbocycles. The molecule has 3 rings (SSSR count). The van der Waals surface area contributed by atoms with Crippen molar-refractivity contribution in [2.24, 2.45) is 0 Å². The van der Waals surface area contributed by atoms with Gasteiger partial charge >= 0.3 is 0 Å². The Labute approximate surface area is 194 Å². The number of likely N-dealkylation sites (tertiary alicyclic amines) is 1. The van der Waals surface area contributed by atoms with Crippen molar-refractivity contribution in [2.75, 3.05) is 33.8 Å². The zero-order valence-electron chi connectivity index (χ0n) is 19.5. The highest BCUT2D eigenvalue weighted by atomic mass is 16.5. The summed E-state index contributed by atoms with van der Waals surface area (Å²) in [5, 5.41) is 21.2. The van der Waals surface area contributed by atoms with Crippen LogP contribution in [0.25, 0.3) is 5.76 Å². The molecule has 1 aliphatic heterocycles. The summed E-state index contributed by atoms with van der Waals surface area (Å²) in [5.74, 6) is -1.03. The molecule has 0 spiro atoms. The second kappa shape index (κ2) is 11.0. The highest BCUT2D eigenvalue weighted by Gasteiger charge is 2.45. The van der Waals surface area contributed by atoms with Gasteiger partial charge in [0.25, 0.3) is 11.7 Å². The number of phenolic OH excluding ortho intramolecular Hbond substituents is 1. The van der Waals surface area contributed by atoms with E-state index in [9.17, 15) is 19.8 Å². The molecule has 1 heterocycles. The molecular weight excluding hydrogens is 420 g/mol. The third-order valence-corrected chi connectivity index (χ3v) is 5.60. The van der Waals surface area contributed by atoms with Crippen LogP contribution in [0.1, 0.15) is 43.4 Å². The van der Waals surface area contributed by atoms with Crippen LogP contribution >= 0.6 is 0 Å². The number of hydrogen-bond donors (Lipinski definition) is 2. The first-order valence-corrected chi connectivity index (χ1v) is 11.3. The van der Waals surface area contributed by atoms with Crippen molar-refractivity contribution in [1.82, 2.24) is 9.80 Å². The van der Waals surface area contributed by atoms with Gasteiger partial charge in [-0.1, -0.05) is 37.6 Å². The van der Waals surface area contributed by atoms with E-state index < -0.39 is 17.7 Å².